The van der Waals surface area contributed by atoms with Crippen molar-refractivity contribution in [2.45, 2.75) is 17.0 Å². The van der Waals surface area contributed by atoms with Gasteiger partial charge in [-0.15, -0.1) is 0 Å². The second kappa shape index (κ2) is 6.73. The van der Waals surface area contributed by atoms with Gasteiger partial charge in [-0.25, -0.2) is 16.8 Å². The van der Waals surface area contributed by atoms with Gasteiger partial charge in [0.2, 0.25) is 10.0 Å². The molecule has 0 saturated carbocycles. The van der Waals surface area contributed by atoms with Crippen molar-refractivity contribution in [3.05, 3.63) is 24.3 Å². The van der Waals surface area contributed by atoms with E-state index in [1.165, 1.54) is 31.4 Å². The topological polar surface area (TPSA) is 121 Å². The summed E-state index contributed by atoms with van der Waals surface area (Å²) in [6.07, 6.45) is -1.32. The molecule has 0 unspecified atom stereocenters. The summed E-state index contributed by atoms with van der Waals surface area (Å²) in [5, 5.41) is 19.1. The number of sulfone groups is 1. The van der Waals surface area contributed by atoms with E-state index in [-0.39, 0.29) is 11.4 Å². The van der Waals surface area contributed by atoms with Crippen LogP contribution in [-0.2, 0) is 19.9 Å². The molecule has 1 aliphatic rings. The molecular weight excluding hydrogens is 346 g/mol. The van der Waals surface area contributed by atoms with Crippen LogP contribution >= 0.6 is 0 Å². The molecule has 10 heteroatoms. The summed E-state index contributed by atoms with van der Waals surface area (Å²) >= 11 is 0. The van der Waals surface area contributed by atoms with Crippen molar-refractivity contribution in [3.8, 4) is 5.75 Å². The van der Waals surface area contributed by atoms with Gasteiger partial charge in [-0.3, -0.25) is 0 Å². The Bertz CT molecular complexity index is 743. The smallest absolute Gasteiger partial charge is 0.243 e. The molecule has 130 valence electrons. The van der Waals surface area contributed by atoms with Crippen LogP contribution in [0.5, 0.6) is 5.75 Å². The zero-order valence-corrected chi connectivity index (χ0v) is 14.1. The Morgan fingerprint density at radius 2 is 1.87 bits per heavy atom. The number of ether oxygens (including phenoxy) is 1. The first-order chi connectivity index (χ1) is 10.7. The van der Waals surface area contributed by atoms with Gasteiger partial charge in [0.05, 0.1) is 42.3 Å². The Hall–Kier alpha value is -1.20. The van der Waals surface area contributed by atoms with Crippen LogP contribution in [-0.4, -0.2) is 75.3 Å². The predicted molar refractivity (Wildman–Crippen MR) is 82.4 cm³/mol. The third kappa shape index (κ3) is 3.83. The summed E-state index contributed by atoms with van der Waals surface area (Å²) in [5.41, 5.74) is 0. The second-order valence-electron chi connectivity index (χ2n) is 5.23. The Morgan fingerprint density at radius 1 is 1.26 bits per heavy atom. The molecule has 1 aliphatic heterocycles. The van der Waals surface area contributed by atoms with E-state index in [2.05, 4.69) is 0 Å². The van der Waals surface area contributed by atoms with Crippen LogP contribution in [0, 0.1) is 0 Å². The molecule has 2 rings (SSSR count). The fourth-order valence-electron chi connectivity index (χ4n) is 2.53. The van der Waals surface area contributed by atoms with Crippen molar-refractivity contribution in [2.75, 3.05) is 31.8 Å². The van der Waals surface area contributed by atoms with E-state index in [0.29, 0.717) is 5.75 Å². The molecule has 0 amide bonds. The van der Waals surface area contributed by atoms with Crippen LogP contribution in [0.25, 0.3) is 0 Å². The molecule has 1 heterocycles. The summed E-state index contributed by atoms with van der Waals surface area (Å²) in [5.74, 6) is -0.484. The van der Waals surface area contributed by atoms with Gasteiger partial charge in [-0.05, 0) is 24.3 Å². The van der Waals surface area contributed by atoms with Gasteiger partial charge in [-0.2, -0.15) is 4.31 Å². The lowest BCUT2D eigenvalue weighted by Crippen LogP contribution is -2.47. The molecule has 2 N–H and O–H groups in total. The number of hydrogen-bond acceptors (Lipinski definition) is 7. The first kappa shape index (κ1) is 18.1. The fourth-order valence-corrected chi connectivity index (χ4v) is 6.07. The third-order valence-corrected chi connectivity index (χ3v) is 7.29. The standard InChI is InChI=1S/C13H19NO7S2/c1-21-10-2-4-11(5-3-10)23(19,20)14(6-7-15)12-8-22(17,18)9-13(12)16/h2-5,12-13,15-16H,6-9H2,1H3/t12-,13+/m0/s1. The van der Waals surface area contributed by atoms with E-state index in [4.69, 9.17) is 9.84 Å². The van der Waals surface area contributed by atoms with Gasteiger partial charge in [0.1, 0.15) is 5.75 Å². The first-order valence-electron chi connectivity index (χ1n) is 6.86. The summed E-state index contributed by atoms with van der Waals surface area (Å²) in [4.78, 5) is -0.0664. The minimum absolute atomic E-state index is 0.0664. The first-order valence-corrected chi connectivity index (χ1v) is 10.1. The van der Waals surface area contributed by atoms with Crippen molar-refractivity contribution >= 4 is 19.9 Å². The Labute approximate surface area is 135 Å². The van der Waals surface area contributed by atoms with Gasteiger partial charge >= 0.3 is 0 Å². The SMILES string of the molecule is COc1ccc(S(=O)(=O)N(CCO)[C@H]2CS(=O)(=O)C[C@H]2O)cc1. The van der Waals surface area contributed by atoms with Crippen LogP contribution in [0.3, 0.4) is 0 Å². The van der Waals surface area contributed by atoms with E-state index >= 15 is 0 Å². The average Bonchev–Trinajstić information content (AvgIpc) is 2.77. The molecule has 1 aromatic carbocycles. The highest BCUT2D eigenvalue weighted by molar-refractivity contribution is 7.92. The van der Waals surface area contributed by atoms with Crippen LogP contribution in [0.1, 0.15) is 0 Å². The number of nitrogens with zero attached hydrogens (tertiary/aromatic N) is 1. The lowest BCUT2D eigenvalue weighted by atomic mass is 10.2. The minimum Gasteiger partial charge on any atom is -0.497 e. The monoisotopic (exact) mass is 365 g/mol. The highest BCUT2D eigenvalue weighted by Crippen LogP contribution is 2.26. The van der Waals surface area contributed by atoms with E-state index in [9.17, 15) is 21.9 Å². The zero-order chi connectivity index (χ0) is 17.3. The van der Waals surface area contributed by atoms with Gasteiger partial charge in [0, 0.05) is 6.54 Å². The van der Waals surface area contributed by atoms with Gasteiger partial charge in [0.25, 0.3) is 0 Å². The summed E-state index contributed by atoms with van der Waals surface area (Å²) in [7, 11) is -6.13. The number of rotatable bonds is 6. The van der Waals surface area contributed by atoms with Gasteiger partial charge < -0.3 is 14.9 Å². The number of sulfonamides is 1. The zero-order valence-electron chi connectivity index (χ0n) is 12.5. The van der Waals surface area contributed by atoms with Crippen molar-refractivity contribution in [1.82, 2.24) is 4.31 Å². The molecule has 0 spiro atoms. The van der Waals surface area contributed by atoms with Crippen LogP contribution in [0.2, 0.25) is 0 Å². The quantitative estimate of drug-likeness (QED) is 0.652. The van der Waals surface area contributed by atoms with Gasteiger partial charge in [-0.1, -0.05) is 0 Å². The summed E-state index contributed by atoms with van der Waals surface area (Å²) < 4.78 is 54.6. The fraction of sp³-hybridized carbons (Fsp3) is 0.538. The lowest BCUT2D eigenvalue weighted by Gasteiger charge is -2.28. The Kier molecular flexibility index (Phi) is 5.31. The van der Waals surface area contributed by atoms with E-state index < -0.39 is 50.1 Å². The number of hydrogen-bond donors (Lipinski definition) is 2. The van der Waals surface area contributed by atoms with E-state index in [0.717, 1.165) is 4.31 Å². The van der Waals surface area contributed by atoms with Crippen molar-refractivity contribution in [3.63, 3.8) is 0 Å². The molecule has 23 heavy (non-hydrogen) atoms. The number of methoxy groups -OCH3 is 1. The molecule has 0 radical (unpaired) electrons. The molecule has 1 saturated heterocycles. The van der Waals surface area contributed by atoms with Crippen molar-refractivity contribution in [1.29, 1.82) is 0 Å². The van der Waals surface area contributed by atoms with Crippen molar-refractivity contribution in [2.24, 2.45) is 0 Å². The predicted octanol–water partition coefficient (Wildman–Crippen LogP) is -1.16. The molecule has 0 aromatic heterocycles. The number of aliphatic hydroxyl groups is 2. The second-order valence-corrected chi connectivity index (χ2v) is 9.27. The average molecular weight is 365 g/mol. The minimum atomic E-state index is -4.06. The molecule has 8 nitrogen and oxygen atoms in total. The molecular formula is C13H19NO7S2. The Morgan fingerprint density at radius 3 is 2.30 bits per heavy atom. The molecule has 0 bridgehead atoms. The highest BCUT2D eigenvalue weighted by atomic mass is 32.2. The summed E-state index contributed by atoms with van der Waals surface area (Å²) in [6.45, 7) is -0.787. The normalized spacial score (nSPS) is 24.0. The summed E-state index contributed by atoms with van der Waals surface area (Å²) in [6, 6.07) is 4.47. The van der Waals surface area contributed by atoms with E-state index in [1.807, 2.05) is 0 Å². The van der Waals surface area contributed by atoms with Crippen LogP contribution in [0.15, 0.2) is 29.2 Å². The molecule has 1 aromatic rings. The number of aliphatic hydroxyl groups excluding tert-OH is 2. The van der Waals surface area contributed by atoms with Gasteiger partial charge in [0.15, 0.2) is 9.84 Å². The van der Waals surface area contributed by atoms with Crippen LogP contribution in [0.4, 0.5) is 0 Å². The maximum absolute atomic E-state index is 12.7. The Balaban J connectivity index is 2.39. The van der Waals surface area contributed by atoms with Crippen LogP contribution < -0.4 is 4.74 Å². The molecule has 0 aliphatic carbocycles. The lowest BCUT2D eigenvalue weighted by molar-refractivity contribution is 0.117. The third-order valence-electron chi connectivity index (χ3n) is 3.65. The maximum Gasteiger partial charge on any atom is 0.243 e. The maximum atomic E-state index is 12.7. The van der Waals surface area contributed by atoms with E-state index in [1.54, 1.807) is 0 Å². The highest BCUT2D eigenvalue weighted by Gasteiger charge is 2.44. The molecule has 2 atom stereocenters. The number of benzene rings is 1. The molecule has 1 fully saturated rings. The van der Waals surface area contributed by atoms with Crippen molar-refractivity contribution < 1.29 is 31.8 Å². The largest absolute Gasteiger partial charge is 0.497 e.